The summed E-state index contributed by atoms with van der Waals surface area (Å²) >= 11 is 1.20. The third kappa shape index (κ3) is 5.18. The van der Waals surface area contributed by atoms with Crippen LogP contribution >= 0.6 is 11.3 Å². The van der Waals surface area contributed by atoms with E-state index in [0.717, 1.165) is 5.56 Å². The zero-order valence-corrected chi connectivity index (χ0v) is 17.9. The van der Waals surface area contributed by atoms with Crippen LogP contribution in [0.5, 0.6) is 5.75 Å². The highest BCUT2D eigenvalue weighted by Crippen LogP contribution is 2.36. The number of nitrogens with one attached hydrogen (secondary N) is 1. The number of benzene rings is 2. The van der Waals surface area contributed by atoms with Gasteiger partial charge in [0.1, 0.15) is 28.0 Å². The molecular weight excluding hydrogens is 412 g/mol. The molecule has 1 amide bonds. The molecule has 0 saturated carbocycles. The summed E-state index contributed by atoms with van der Waals surface area (Å²) in [6.45, 7) is 2.44. The minimum atomic E-state index is -0.608. The molecule has 1 N–H and O–H groups in total. The summed E-state index contributed by atoms with van der Waals surface area (Å²) in [7, 11) is 1.28. The third-order valence-corrected chi connectivity index (χ3v) is 5.26. The molecule has 0 aliphatic heterocycles. The number of rotatable bonds is 7. The quantitative estimate of drug-likeness (QED) is 0.317. The first-order valence-corrected chi connectivity index (χ1v) is 10.4. The number of methoxy groups -OCH3 is 1. The maximum absolute atomic E-state index is 12.8. The Bertz CT molecular complexity index is 1140. The monoisotopic (exact) mass is 432 g/mol. The van der Waals surface area contributed by atoms with Crippen LogP contribution in [0.15, 0.2) is 65.6 Å². The van der Waals surface area contributed by atoms with Gasteiger partial charge in [0, 0.05) is 10.9 Å². The van der Waals surface area contributed by atoms with E-state index >= 15 is 0 Å². The smallest absolute Gasteiger partial charge is 0.341 e. The van der Waals surface area contributed by atoms with E-state index in [0.29, 0.717) is 28.5 Å². The van der Waals surface area contributed by atoms with E-state index in [-0.39, 0.29) is 11.1 Å². The number of esters is 1. The first-order chi connectivity index (χ1) is 15.1. The van der Waals surface area contributed by atoms with Gasteiger partial charge in [0.2, 0.25) is 0 Å². The van der Waals surface area contributed by atoms with Crippen molar-refractivity contribution in [3.05, 3.63) is 76.7 Å². The molecule has 2 aromatic carbocycles. The Labute approximate surface area is 184 Å². The van der Waals surface area contributed by atoms with Gasteiger partial charge in [-0.2, -0.15) is 5.26 Å². The second-order valence-corrected chi connectivity index (χ2v) is 7.22. The molecule has 156 valence electrons. The molecule has 0 radical (unpaired) electrons. The number of hydrogen-bond donors (Lipinski definition) is 1. The lowest BCUT2D eigenvalue weighted by Crippen LogP contribution is -2.15. The van der Waals surface area contributed by atoms with E-state index in [4.69, 9.17) is 9.47 Å². The van der Waals surface area contributed by atoms with Gasteiger partial charge >= 0.3 is 5.97 Å². The van der Waals surface area contributed by atoms with Gasteiger partial charge in [-0.3, -0.25) is 4.79 Å². The van der Waals surface area contributed by atoms with Crippen molar-refractivity contribution in [2.24, 2.45) is 0 Å². The third-order valence-electron chi connectivity index (χ3n) is 4.36. The average molecular weight is 433 g/mol. The van der Waals surface area contributed by atoms with Crippen molar-refractivity contribution in [2.75, 3.05) is 19.0 Å². The van der Waals surface area contributed by atoms with E-state index in [1.54, 1.807) is 29.6 Å². The van der Waals surface area contributed by atoms with Crippen LogP contribution in [0, 0.1) is 11.3 Å². The molecule has 3 aromatic rings. The standard InChI is InChI=1S/C24H20N2O4S/c1-3-30-19-11-9-16(10-12-19)13-18(14-25)22(27)26-23-21(24(28)29-2)20(15-31-23)17-7-5-4-6-8-17/h4-13,15H,3H2,1-2H3,(H,26,27). The number of anilines is 1. The number of nitrogens with zero attached hydrogens (tertiary/aromatic N) is 1. The highest BCUT2D eigenvalue weighted by Gasteiger charge is 2.23. The number of amides is 1. The van der Waals surface area contributed by atoms with Crippen LogP contribution in [-0.4, -0.2) is 25.6 Å². The molecule has 0 bridgehead atoms. The molecule has 3 rings (SSSR count). The molecule has 0 aliphatic carbocycles. The van der Waals surface area contributed by atoms with Gasteiger partial charge in [-0.05, 0) is 36.3 Å². The molecule has 0 aliphatic rings. The van der Waals surface area contributed by atoms with Crippen molar-refractivity contribution >= 4 is 34.3 Å². The van der Waals surface area contributed by atoms with E-state index in [9.17, 15) is 14.9 Å². The van der Waals surface area contributed by atoms with E-state index in [1.165, 1.54) is 24.5 Å². The summed E-state index contributed by atoms with van der Waals surface area (Å²) in [5, 5.41) is 14.3. The molecule has 0 atom stereocenters. The summed E-state index contributed by atoms with van der Waals surface area (Å²) in [5.41, 5.74) is 2.33. The fourth-order valence-electron chi connectivity index (χ4n) is 2.90. The molecule has 1 heterocycles. The van der Waals surface area contributed by atoms with Gasteiger partial charge in [-0.1, -0.05) is 42.5 Å². The molecule has 0 fully saturated rings. The topological polar surface area (TPSA) is 88.4 Å². The van der Waals surface area contributed by atoms with E-state index < -0.39 is 11.9 Å². The largest absolute Gasteiger partial charge is 0.494 e. The number of thiophene rings is 1. The normalized spacial score (nSPS) is 10.8. The van der Waals surface area contributed by atoms with Gasteiger partial charge in [0.15, 0.2) is 0 Å². The molecule has 1 aromatic heterocycles. The highest BCUT2D eigenvalue weighted by atomic mass is 32.1. The van der Waals surface area contributed by atoms with Crippen LogP contribution in [-0.2, 0) is 9.53 Å². The summed E-state index contributed by atoms with van der Waals surface area (Å²) in [6, 6.07) is 18.3. The van der Waals surface area contributed by atoms with Crippen LogP contribution in [0.3, 0.4) is 0 Å². The fourth-order valence-corrected chi connectivity index (χ4v) is 3.85. The first-order valence-electron chi connectivity index (χ1n) is 9.48. The lowest BCUT2D eigenvalue weighted by atomic mass is 10.0. The molecule has 31 heavy (non-hydrogen) atoms. The number of ether oxygens (including phenoxy) is 2. The number of carbonyl (C=O) groups excluding carboxylic acids is 2. The Morgan fingerprint density at radius 2 is 1.84 bits per heavy atom. The summed E-state index contributed by atoms with van der Waals surface area (Å²) in [6.07, 6.45) is 1.48. The molecule has 7 heteroatoms. The molecule has 0 spiro atoms. The van der Waals surface area contributed by atoms with Gasteiger partial charge in [0.25, 0.3) is 5.91 Å². The number of carbonyl (C=O) groups is 2. The zero-order valence-electron chi connectivity index (χ0n) is 17.0. The van der Waals surface area contributed by atoms with Crippen molar-refractivity contribution < 1.29 is 19.1 Å². The van der Waals surface area contributed by atoms with Crippen LogP contribution in [0.2, 0.25) is 0 Å². The Balaban J connectivity index is 1.88. The maximum Gasteiger partial charge on any atom is 0.341 e. The van der Waals surface area contributed by atoms with Crippen LogP contribution < -0.4 is 10.1 Å². The molecular formula is C24H20N2O4S. The van der Waals surface area contributed by atoms with Crippen molar-refractivity contribution in [1.29, 1.82) is 5.26 Å². The Morgan fingerprint density at radius 3 is 2.45 bits per heavy atom. The van der Waals surface area contributed by atoms with Crippen molar-refractivity contribution in [3.63, 3.8) is 0 Å². The minimum Gasteiger partial charge on any atom is -0.494 e. The Kier molecular flexibility index (Phi) is 7.20. The Morgan fingerprint density at radius 1 is 1.13 bits per heavy atom. The SMILES string of the molecule is CCOc1ccc(C=C(C#N)C(=O)Nc2scc(-c3ccccc3)c2C(=O)OC)cc1. The van der Waals surface area contributed by atoms with Crippen molar-refractivity contribution in [2.45, 2.75) is 6.92 Å². The molecule has 0 unspecified atom stereocenters. The van der Waals surface area contributed by atoms with Crippen LogP contribution in [0.4, 0.5) is 5.00 Å². The fraction of sp³-hybridized carbons (Fsp3) is 0.125. The predicted octanol–water partition coefficient (Wildman–Crippen LogP) is 5.15. The second kappa shape index (κ2) is 10.2. The Hall–Kier alpha value is -3.89. The molecule has 6 nitrogen and oxygen atoms in total. The maximum atomic E-state index is 12.8. The predicted molar refractivity (Wildman–Crippen MR) is 121 cm³/mol. The van der Waals surface area contributed by atoms with Gasteiger partial charge in [-0.15, -0.1) is 11.3 Å². The van der Waals surface area contributed by atoms with Gasteiger partial charge in [-0.25, -0.2) is 4.79 Å². The number of hydrogen-bond acceptors (Lipinski definition) is 6. The number of nitriles is 1. The van der Waals surface area contributed by atoms with Crippen LogP contribution in [0.1, 0.15) is 22.8 Å². The van der Waals surface area contributed by atoms with Gasteiger partial charge in [0.05, 0.1) is 13.7 Å². The minimum absolute atomic E-state index is 0.0883. The summed E-state index contributed by atoms with van der Waals surface area (Å²) < 4.78 is 10.3. The van der Waals surface area contributed by atoms with Gasteiger partial charge < -0.3 is 14.8 Å². The average Bonchev–Trinajstić information content (AvgIpc) is 3.22. The summed E-state index contributed by atoms with van der Waals surface area (Å²) in [5.74, 6) is -0.468. The first kappa shape index (κ1) is 21.8. The van der Waals surface area contributed by atoms with Crippen molar-refractivity contribution in [3.8, 4) is 22.9 Å². The highest BCUT2D eigenvalue weighted by molar-refractivity contribution is 7.15. The van der Waals surface area contributed by atoms with E-state index in [2.05, 4.69) is 5.32 Å². The van der Waals surface area contributed by atoms with Crippen LogP contribution in [0.25, 0.3) is 17.2 Å². The lowest BCUT2D eigenvalue weighted by molar-refractivity contribution is -0.112. The molecule has 0 saturated heterocycles. The van der Waals surface area contributed by atoms with Crippen molar-refractivity contribution in [1.82, 2.24) is 0 Å². The summed E-state index contributed by atoms with van der Waals surface area (Å²) in [4.78, 5) is 25.2. The van der Waals surface area contributed by atoms with E-state index in [1.807, 2.05) is 43.3 Å². The second-order valence-electron chi connectivity index (χ2n) is 6.34. The zero-order chi connectivity index (χ0) is 22.2. The lowest BCUT2D eigenvalue weighted by Gasteiger charge is -2.08.